The number of nitrogens with zero attached hydrogens (tertiary/aromatic N) is 2. The Labute approximate surface area is 183 Å². The molecule has 0 fully saturated rings. The van der Waals surface area contributed by atoms with Crippen molar-refractivity contribution >= 4 is 5.97 Å². The number of ether oxygens (including phenoxy) is 2. The molecule has 0 N–H and O–H groups in total. The first-order valence-electron chi connectivity index (χ1n) is 10.6. The van der Waals surface area contributed by atoms with E-state index in [1.165, 1.54) is 5.56 Å². The van der Waals surface area contributed by atoms with E-state index in [1.807, 2.05) is 26.0 Å². The van der Waals surface area contributed by atoms with Gasteiger partial charge in [-0.1, -0.05) is 43.3 Å². The molecule has 6 nitrogen and oxygen atoms in total. The second-order valence-corrected chi connectivity index (χ2v) is 7.47. The maximum absolute atomic E-state index is 12.4. The van der Waals surface area contributed by atoms with E-state index in [1.54, 1.807) is 24.3 Å². The van der Waals surface area contributed by atoms with Crippen molar-refractivity contribution in [2.75, 3.05) is 13.1 Å². The first-order chi connectivity index (χ1) is 15.0. The third-order valence-electron chi connectivity index (χ3n) is 5.35. The largest absolute Gasteiger partial charge is 0.489 e. The molecule has 0 spiro atoms. The van der Waals surface area contributed by atoms with Gasteiger partial charge >= 0.3 is 5.97 Å². The molecular weight excluding hydrogens is 392 g/mol. The van der Waals surface area contributed by atoms with Gasteiger partial charge in [0.1, 0.15) is 24.7 Å². The highest BCUT2D eigenvalue weighted by atomic mass is 16.5. The molecule has 0 aliphatic heterocycles. The Morgan fingerprint density at radius 3 is 2.16 bits per heavy atom. The quantitative estimate of drug-likeness (QED) is 0.425. The third-order valence-corrected chi connectivity index (χ3v) is 5.35. The van der Waals surface area contributed by atoms with Crippen molar-refractivity contribution in [2.45, 2.75) is 47.5 Å². The van der Waals surface area contributed by atoms with E-state index < -0.39 is 0 Å². The lowest BCUT2D eigenvalue weighted by Gasteiger charge is -2.18. The second kappa shape index (κ2) is 10.8. The molecular formula is C25H30N2O4. The summed E-state index contributed by atoms with van der Waals surface area (Å²) in [5.74, 6) is 1.06. The van der Waals surface area contributed by atoms with Crippen molar-refractivity contribution in [1.82, 2.24) is 10.1 Å². The van der Waals surface area contributed by atoms with Gasteiger partial charge in [-0.3, -0.25) is 4.90 Å². The smallest absolute Gasteiger partial charge is 0.338 e. The van der Waals surface area contributed by atoms with Gasteiger partial charge in [-0.05, 0) is 62.3 Å². The van der Waals surface area contributed by atoms with Crippen molar-refractivity contribution in [1.29, 1.82) is 0 Å². The molecule has 1 heterocycles. The number of hydrogen-bond donors (Lipinski definition) is 0. The van der Waals surface area contributed by atoms with Crippen molar-refractivity contribution in [3.8, 4) is 5.75 Å². The lowest BCUT2D eigenvalue weighted by atomic mass is 10.1. The Kier molecular flexibility index (Phi) is 7.84. The Hall–Kier alpha value is -3.12. The zero-order chi connectivity index (χ0) is 22.2. The summed E-state index contributed by atoms with van der Waals surface area (Å²) < 4.78 is 16.4. The van der Waals surface area contributed by atoms with Crippen LogP contribution >= 0.6 is 0 Å². The predicted octanol–water partition coefficient (Wildman–Crippen LogP) is 5.07. The number of carbonyl (C=O) groups excluding carboxylic acids is 1. The van der Waals surface area contributed by atoms with Crippen molar-refractivity contribution in [3.63, 3.8) is 0 Å². The van der Waals surface area contributed by atoms with Crippen LogP contribution in [0.15, 0.2) is 53.1 Å². The van der Waals surface area contributed by atoms with Gasteiger partial charge < -0.3 is 14.0 Å². The summed E-state index contributed by atoms with van der Waals surface area (Å²) in [6.07, 6.45) is 0. The SMILES string of the molecule is CCN(CC)Cc1ccc(COC(=O)c2ccc(OCc3c(C)noc3C)cc2)cc1. The summed E-state index contributed by atoms with van der Waals surface area (Å²) in [7, 11) is 0. The minimum Gasteiger partial charge on any atom is -0.489 e. The zero-order valence-electron chi connectivity index (χ0n) is 18.7. The second-order valence-electron chi connectivity index (χ2n) is 7.47. The van der Waals surface area contributed by atoms with E-state index in [2.05, 4.69) is 36.0 Å². The molecule has 0 aliphatic carbocycles. The molecule has 2 aromatic carbocycles. The molecule has 164 valence electrons. The van der Waals surface area contributed by atoms with E-state index in [4.69, 9.17) is 14.0 Å². The summed E-state index contributed by atoms with van der Waals surface area (Å²) in [4.78, 5) is 14.7. The molecule has 3 aromatic rings. The van der Waals surface area contributed by atoms with E-state index in [0.717, 1.165) is 42.2 Å². The number of hydrogen-bond acceptors (Lipinski definition) is 6. The van der Waals surface area contributed by atoms with Crippen LogP contribution in [0, 0.1) is 13.8 Å². The first kappa shape index (κ1) is 22.6. The van der Waals surface area contributed by atoms with Gasteiger partial charge in [-0.25, -0.2) is 4.79 Å². The zero-order valence-corrected chi connectivity index (χ0v) is 18.7. The molecule has 31 heavy (non-hydrogen) atoms. The van der Waals surface area contributed by atoms with Crippen molar-refractivity contribution < 1.29 is 18.8 Å². The lowest BCUT2D eigenvalue weighted by molar-refractivity contribution is 0.0472. The number of esters is 1. The molecule has 0 atom stereocenters. The van der Waals surface area contributed by atoms with Crippen molar-refractivity contribution in [3.05, 3.63) is 82.2 Å². The van der Waals surface area contributed by atoms with Gasteiger partial charge in [0.15, 0.2) is 0 Å². The maximum Gasteiger partial charge on any atom is 0.338 e. The maximum atomic E-state index is 12.4. The topological polar surface area (TPSA) is 64.8 Å². The number of aromatic nitrogens is 1. The molecule has 0 bridgehead atoms. The van der Waals surface area contributed by atoms with Crippen LogP contribution in [-0.2, 0) is 24.5 Å². The van der Waals surface area contributed by atoms with Gasteiger partial charge in [-0.2, -0.15) is 0 Å². The van der Waals surface area contributed by atoms with Crippen LogP contribution < -0.4 is 4.74 Å². The molecule has 0 saturated carbocycles. The van der Waals surface area contributed by atoms with Crippen LogP contribution in [0.5, 0.6) is 5.75 Å². The Balaban J connectivity index is 1.49. The Morgan fingerprint density at radius 2 is 1.58 bits per heavy atom. The highest BCUT2D eigenvalue weighted by Gasteiger charge is 2.11. The minimum absolute atomic E-state index is 0.245. The molecule has 6 heteroatoms. The fraction of sp³-hybridized carbons (Fsp3) is 0.360. The summed E-state index contributed by atoms with van der Waals surface area (Å²) in [5, 5.41) is 3.92. The summed E-state index contributed by atoms with van der Waals surface area (Å²) in [5.41, 5.74) is 4.47. The minimum atomic E-state index is -0.357. The molecule has 1 aromatic heterocycles. The van der Waals surface area contributed by atoms with Crippen LogP contribution in [0.25, 0.3) is 0 Å². The normalized spacial score (nSPS) is 11.0. The number of rotatable bonds is 10. The van der Waals surface area contributed by atoms with Crippen LogP contribution in [0.4, 0.5) is 0 Å². The van der Waals surface area contributed by atoms with Gasteiger partial charge in [0.05, 0.1) is 16.8 Å². The third kappa shape index (κ3) is 6.18. The van der Waals surface area contributed by atoms with Crippen LogP contribution in [-0.4, -0.2) is 29.1 Å². The van der Waals surface area contributed by atoms with Gasteiger partial charge in [-0.15, -0.1) is 0 Å². The molecule has 3 rings (SSSR count). The number of benzene rings is 2. The van der Waals surface area contributed by atoms with E-state index in [0.29, 0.717) is 17.9 Å². The van der Waals surface area contributed by atoms with Gasteiger partial charge in [0, 0.05) is 6.54 Å². The fourth-order valence-electron chi connectivity index (χ4n) is 3.23. The van der Waals surface area contributed by atoms with Gasteiger partial charge in [0.25, 0.3) is 0 Å². The van der Waals surface area contributed by atoms with Crippen LogP contribution in [0.2, 0.25) is 0 Å². The molecule has 0 amide bonds. The van der Waals surface area contributed by atoms with Crippen LogP contribution in [0.3, 0.4) is 0 Å². The monoisotopic (exact) mass is 422 g/mol. The molecule has 0 unspecified atom stereocenters. The average molecular weight is 423 g/mol. The van der Waals surface area contributed by atoms with E-state index in [-0.39, 0.29) is 12.6 Å². The van der Waals surface area contributed by atoms with Crippen LogP contribution in [0.1, 0.15) is 52.3 Å². The first-order valence-corrected chi connectivity index (χ1v) is 10.6. The summed E-state index contributed by atoms with van der Waals surface area (Å²) in [6.45, 7) is 11.7. The highest BCUT2D eigenvalue weighted by molar-refractivity contribution is 5.89. The summed E-state index contributed by atoms with van der Waals surface area (Å²) >= 11 is 0. The van der Waals surface area contributed by atoms with Crippen molar-refractivity contribution in [2.24, 2.45) is 0 Å². The van der Waals surface area contributed by atoms with E-state index >= 15 is 0 Å². The molecule has 0 aliphatic rings. The highest BCUT2D eigenvalue weighted by Crippen LogP contribution is 2.18. The van der Waals surface area contributed by atoms with E-state index in [9.17, 15) is 4.79 Å². The predicted molar refractivity (Wildman–Crippen MR) is 119 cm³/mol. The fourth-order valence-corrected chi connectivity index (χ4v) is 3.23. The standard InChI is InChI=1S/C25H30N2O4/c1-5-27(6-2)15-20-7-9-21(10-8-20)16-30-25(28)22-11-13-23(14-12-22)29-17-24-18(3)26-31-19(24)4/h7-14H,5-6,15-17H2,1-4H3. The number of aryl methyl sites for hydroxylation is 2. The molecule has 0 saturated heterocycles. The Bertz CT molecular complexity index is 954. The average Bonchev–Trinajstić information content (AvgIpc) is 3.12. The summed E-state index contributed by atoms with van der Waals surface area (Å²) in [6, 6.07) is 15.1. The van der Waals surface area contributed by atoms with Gasteiger partial charge in [0.2, 0.25) is 0 Å². The lowest BCUT2D eigenvalue weighted by Crippen LogP contribution is -2.22. The number of carbonyl (C=O) groups is 1. The molecule has 0 radical (unpaired) electrons. The Morgan fingerprint density at radius 1 is 0.935 bits per heavy atom.